The molecule has 10 heteroatoms. The Hall–Kier alpha value is -2.91. The van der Waals surface area contributed by atoms with Crippen LogP contribution in [0.15, 0.2) is 23.0 Å². The van der Waals surface area contributed by atoms with Gasteiger partial charge in [-0.1, -0.05) is 25.9 Å². The molecule has 172 valence electrons. The predicted octanol–water partition coefficient (Wildman–Crippen LogP) is 4.53. The Balaban J connectivity index is 1.51. The van der Waals surface area contributed by atoms with E-state index in [0.717, 1.165) is 11.9 Å². The molecular weight excluding hydrogens is 423 g/mol. The molecule has 3 aromatic heterocycles. The average Bonchev–Trinajstić information content (AvgIpc) is 3.39. The van der Waals surface area contributed by atoms with Crippen LogP contribution in [0.5, 0.6) is 0 Å². The lowest BCUT2D eigenvalue weighted by Crippen LogP contribution is -2.40. The van der Waals surface area contributed by atoms with Crippen LogP contribution in [0.4, 0.5) is 13.2 Å². The number of rotatable bonds is 5. The third-order valence-electron chi connectivity index (χ3n) is 6.00. The molecule has 0 spiro atoms. The van der Waals surface area contributed by atoms with E-state index in [2.05, 4.69) is 15.1 Å². The molecule has 0 atom stereocenters. The number of carbonyl (C=O) groups is 1. The maximum Gasteiger partial charge on any atom is 0.417 e. The highest BCUT2D eigenvalue weighted by molar-refractivity contribution is 5.82. The second-order valence-corrected chi connectivity index (χ2v) is 8.48. The summed E-state index contributed by atoms with van der Waals surface area (Å²) in [4.78, 5) is 23.0. The van der Waals surface area contributed by atoms with Crippen LogP contribution >= 0.6 is 0 Å². The Morgan fingerprint density at radius 1 is 1.28 bits per heavy atom. The van der Waals surface area contributed by atoms with Gasteiger partial charge in [-0.2, -0.15) is 13.2 Å². The van der Waals surface area contributed by atoms with E-state index in [0.29, 0.717) is 38.0 Å². The van der Waals surface area contributed by atoms with Crippen molar-refractivity contribution in [3.05, 3.63) is 41.2 Å². The fraction of sp³-hybridized carbons (Fsp3) is 0.545. The number of likely N-dealkylation sites (tertiary alicyclic amines) is 1. The van der Waals surface area contributed by atoms with Gasteiger partial charge in [0.05, 0.1) is 16.6 Å². The minimum Gasteiger partial charge on any atom is -0.341 e. The van der Waals surface area contributed by atoms with Gasteiger partial charge in [0.25, 0.3) is 5.71 Å². The summed E-state index contributed by atoms with van der Waals surface area (Å²) in [7, 11) is 0. The summed E-state index contributed by atoms with van der Waals surface area (Å²) in [6.45, 7) is 6.88. The molecule has 0 unspecified atom stereocenters. The van der Waals surface area contributed by atoms with Crippen LogP contribution in [0.3, 0.4) is 0 Å². The third kappa shape index (κ3) is 4.22. The average molecular weight is 449 g/mol. The summed E-state index contributed by atoms with van der Waals surface area (Å²) >= 11 is 0. The van der Waals surface area contributed by atoms with Gasteiger partial charge in [0.2, 0.25) is 5.91 Å². The van der Waals surface area contributed by atoms with Crippen molar-refractivity contribution < 1.29 is 22.5 Å². The van der Waals surface area contributed by atoms with E-state index in [1.807, 2.05) is 18.4 Å². The highest BCUT2D eigenvalue weighted by atomic mass is 19.4. The van der Waals surface area contributed by atoms with Gasteiger partial charge in [0, 0.05) is 43.0 Å². The van der Waals surface area contributed by atoms with Crippen molar-refractivity contribution in [2.75, 3.05) is 13.1 Å². The zero-order valence-corrected chi connectivity index (χ0v) is 18.3. The van der Waals surface area contributed by atoms with Crippen LogP contribution in [0.25, 0.3) is 11.1 Å². The number of aromatic nitrogens is 4. The number of piperidine rings is 1. The Morgan fingerprint density at radius 2 is 2.00 bits per heavy atom. The lowest BCUT2D eigenvalue weighted by molar-refractivity contribution is -0.136. The number of hydrogen-bond acceptors (Lipinski definition) is 5. The minimum absolute atomic E-state index is 0.0291. The van der Waals surface area contributed by atoms with Gasteiger partial charge in [-0.25, -0.2) is 9.97 Å². The van der Waals surface area contributed by atoms with Crippen LogP contribution in [-0.4, -0.2) is 43.6 Å². The largest absolute Gasteiger partial charge is 0.417 e. The quantitative estimate of drug-likeness (QED) is 0.572. The second kappa shape index (κ2) is 8.55. The molecule has 0 aliphatic carbocycles. The zero-order chi connectivity index (χ0) is 23.0. The van der Waals surface area contributed by atoms with E-state index < -0.39 is 11.7 Å². The van der Waals surface area contributed by atoms with Crippen LogP contribution in [0, 0.1) is 0 Å². The first kappa shape index (κ1) is 22.3. The normalized spacial score (nSPS) is 15.8. The van der Waals surface area contributed by atoms with Gasteiger partial charge in [0.15, 0.2) is 0 Å². The molecule has 0 N–H and O–H groups in total. The van der Waals surface area contributed by atoms with Gasteiger partial charge in [-0.3, -0.25) is 4.79 Å². The van der Waals surface area contributed by atoms with Crippen LogP contribution < -0.4 is 0 Å². The summed E-state index contributed by atoms with van der Waals surface area (Å²) in [5.74, 6) is 0.795. The highest BCUT2D eigenvalue weighted by Crippen LogP contribution is 2.40. The van der Waals surface area contributed by atoms with Gasteiger partial charge < -0.3 is 14.0 Å². The molecule has 0 saturated carbocycles. The molecule has 4 rings (SSSR count). The summed E-state index contributed by atoms with van der Waals surface area (Å²) in [6.07, 6.45) is 0.340. The molecule has 32 heavy (non-hydrogen) atoms. The maximum absolute atomic E-state index is 13.7. The number of hydrogen-bond donors (Lipinski definition) is 0. The summed E-state index contributed by atoms with van der Waals surface area (Å²) in [5, 5.41) is 3.92. The number of aryl methyl sites for hydroxylation is 1. The number of imidazole rings is 1. The van der Waals surface area contributed by atoms with E-state index in [-0.39, 0.29) is 41.1 Å². The molecule has 4 heterocycles. The summed E-state index contributed by atoms with van der Waals surface area (Å²) in [6, 6.07) is 1.08. The standard InChI is InChI=1S/C22H26F3N5O2/c1-4-15-11-16(22(23,24)25)18-19(28-32-21(18)27-15)14-5-8-29(9-6-14)17(31)12-30-10-7-26-20(30)13(2)3/h7,10-11,13-14H,4-6,8-9,12H2,1-3H3. The van der Waals surface area contributed by atoms with E-state index in [9.17, 15) is 18.0 Å². The number of carbonyl (C=O) groups excluding carboxylic acids is 1. The van der Waals surface area contributed by atoms with Crippen molar-refractivity contribution in [1.82, 2.24) is 24.6 Å². The fourth-order valence-electron chi connectivity index (χ4n) is 4.31. The lowest BCUT2D eigenvalue weighted by Gasteiger charge is -2.31. The Bertz CT molecular complexity index is 1110. The molecular formula is C22H26F3N5O2. The van der Waals surface area contributed by atoms with E-state index >= 15 is 0 Å². The molecule has 1 saturated heterocycles. The molecule has 1 aliphatic rings. The van der Waals surface area contributed by atoms with Crippen molar-refractivity contribution in [2.24, 2.45) is 0 Å². The molecule has 0 radical (unpaired) electrons. The van der Waals surface area contributed by atoms with Crippen LogP contribution in [0.2, 0.25) is 0 Å². The Morgan fingerprint density at radius 3 is 2.62 bits per heavy atom. The first-order chi connectivity index (χ1) is 15.2. The van der Waals surface area contributed by atoms with Crippen molar-refractivity contribution in [3.63, 3.8) is 0 Å². The van der Waals surface area contributed by atoms with Crippen molar-refractivity contribution in [2.45, 2.75) is 64.6 Å². The van der Waals surface area contributed by atoms with E-state index in [1.54, 1.807) is 24.2 Å². The third-order valence-corrected chi connectivity index (χ3v) is 6.00. The Kier molecular flexibility index (Phi) is 5.96. The first-order valence-corrected chi connectivity index (χ1v) is 10.8. The number of fused-ring (bicyclic) bond motifs is 1. The molecule has 3 aromatic rings. The topological polar surface area (TPSA) is 77.0 Å². The fourth-order valence-corrected chi connectivity index (χ4v) is 4.31. The van der Waals surface area contributed by atoms with Gasteiger partial charge in [-0.05, 0) is 25.3 Å². The van der Waals surface area contributed by atoms with Crippen molar-refractivity contribution in [3.8, 4) is 0 Å². The molecule has 7 nitrogen and oxygen atoms in total. The Labute approximate surface area is 183 Å². The van der Waals surface area contributed by atoms with Crippen molar-refractivity contribution >= 4 is 17.0 Å². The maximum atomic E-state index is 13.7. The lowest BCUT2D eigenvalue weighted by atomic mass is 9.90. The molecule has 0 bridgehead atoms. The van der Waals surface area contributed by atoms with Crippen LogP contribution in [0.1, 0.15) is 68.2 Å². The highest BCUT2D eigenvalue weighted by Gasteiger charge is 2.38. The SMILES string of the molecule is CCc1cc(C(F)(F)F)c2c(C3CCN(C(=O)Cn4ccnc4C(C)C)CC3)noc2n1. The van der Waals surface area contributed by atoms with Gasteiger partial charge in [-0.15, -0.1) is 0 Å². The molecule has 1 aliphatic heterocycles. The van der Waals surface area contributed by atoms with Gasteiger partial charge >= 0.3 is 6.18 Å². The van der Waals surface area contributed by atoms with E-state index in [4.69, 9.17) is 4.52 Å². The minimum atomic E-state index is -4.53. The number of nitrogens with zero attached hydrogens (tertiary/aromatic N) is 5. The number of amides is 1. The monoisotopic (exact) mass is 449 g/mol. The summed E-state index contributed by atoms with van der Waals surface area (Å²) < 4.78 is 48.3. The molecule has 1 fully saturated rings. The smallest absolute Gasteiger partial charge is 0.341 e. The summed E-state index contributed by atoms with van der Waals surface area (Å²) in [5.41, 5.74) is -0.235. The van der Waals surface area contributed by atoms with E-state index in [1.165, 1.54) is 0 Å². The first-order valence-electron chi connectivity index (χ1n) is 10.8. The zero-order valence-electron chi connectivity index (χ0n) is 18.3. The number of pyridine rings is 1. The van der Waals surface area contributed by atoms with Crippen molar-refractivity contribution in [1.29, 1.82) is 0 Å². The van der Waals surface area contributed by atoms with Crippen LogP contribution in [-0.2, 0) is 23.9 Å². The number of halogens is 3. The molecule has 0 aromatic carbocycles. The van der Waals surface area contributed by atoms with Gasteiger partial charge in [0.1, 0.15) is 12.4 Å². The predicted molar refractivity (Wildman–Crippen MR) is 111 cm³/mol. The number of alkyl halides is 3. The molecule has 1 amide bonds. The second-order valence-electron chi connectivity index (χ2n) is 8.48.